The predicted molar refractivity (Wildman–Crippen MR) is 56.7 cm³/mol. The Morgan fingerprint density at radius 2 is 2.20 bits per heavy atom. The van der Waals surface area contributed by atoms with Crippen molar-refractivity contribution >= 4 is 18.5 Å². The average Bonchev–Trinajstić information content (AvgIpc) is 2.27. The molecule has 1 N–H and O–H groups in total. The van der Waals surface area contributed by atoms with Crippen molar-refractivity contribution in [2.75, 3.05) is 7.11 Å². The summed E-state index contributed by atoms with van der Waals surface area (Å²) in [5, 5.41) is 3.36. The van der Waals surface area contributed by atoms with Crippen LogP contribution in [0.5, 0.6) is 0 Å². The van der Waals surface area contributed by atoms with E-state index >= 15 is 0 Å². The van der Waals surface area contributed by atoms with Gasteiger partial charge in [-0.15, -0.1) is 0 Å². The van der Waals surface area contributed by atoms with Gasteiger partial charge in [-0.2, -0.15) is 5.01 Å². The molecule has 1 amide bonds. The standard InChI is InChI=1S/C11H12N2O2/c1-8-3-4-9-6-12-13(11(14)15-2)7-10(9)5-8/h3-7,12H,1-2H3. The van der Waals surface area contributed by atoms with Gasteiger partial charge in [-0.05, 0) is 13.0 Å². The molecule has 15 heavy (non-hydrogen) atoms. The summed E-state index contributed by atoms with van der Waals surface area (Å²) in [5.74, 6) is 0. The smallest absolute Gasteiger partial charge is 0.432 e. The molecular weight excluding hydrogens is 192 g/mol. The van der Waals surface area contributed by atoms with Crippen LogP contribution in [0.25, 0.3) is 12.4 Å². The minimum absolute atomic E-state index is 0.432. The fourth-order valence-corrected chi connectivity index (χ4v) is 1.46. The number of nitrogens with zero attached hydrogens (tertiary/aromatic N) is 1. The summed E-state index contributed by atoms with van der Waals surface area (Å²) in [6.45, 7) is 2.01. The van der Waals surface area contributed by atoms with Crippen LogP contribution in [0.3, 0.4) is 0 Å². The fourth-order valence-electron chi connectivity index (χ4n) is 1.46. The van der Waals surface area contributed by atoms with E-state index in [-0.39, 0.29) is 0 Å². The number of hydrogen-bond donors (Lipinski definition) is 1. The van der Waals surface area contributed by atoms with Gasteiger partial charge in [-0.25, -0.2) is 4.79 Å². The van der Waals surface area contributed by atoms with Gasteiger partial charge >= 0.3 is 6.09 Å². The zero-order valence-electron chi connectivity index (χ0n) is 8.65. The molecule has 4 heteroatoms. The summed E-state index contributed by atoms with van der Waals surface area (Å²) in [4.78, 5) is 11.3. The monoisotopic (exact) mass is 204 g/mol. The molecule has 0 aliphatic carbocycles. The minimum Gasteiger partial charge on any atom is -0.451 e. The number of amides is 1. The highest BCUT2D eigenvalue weighted by Gasteiger charge is 2.11. The van der Waals surface area contributed by atoms with Crippen molar-refractivity contribution in [1.29, 1.82) is 0 Å². The first-order valence-electron chi connectivity index (χ1n) is 4.63. The maximum atomic E-state index is 11.3. The van der Waals surface area contributed by atoms with Gasteiger partial charge in [0.05, 0.1) is 7.11 Å². The van der Waals surface area contributed by atoms with E-state index in [9.17, 15) is 4.79 Å². The lowest BCUT2D eigenvalue weighted by atomic mass is 10.2. The van der Waals surface area contributed by atoms with Crippen LogP contribution in [0.2, 0.25) is 0 Å². The Balaban J connectivity index is 2.47. The topological polar surface area (TPSA) is 41.6 Å². The number of carbonyl (C=O) groups is 1. The van der Waals surface area contributed by atoms with E-state index in [0.29, 0.717) is 0 Å². The van der Waals surface area contributed by atoms with E-state index in [0.717, 1.165) is 16.0 Å². The third-order valence-corrected chi connectivity index (χ3v) is 2.24. The largest absolute Gasteiger partial charge is 0.451 e. The summed E-state index contributed by atoms with van der Waals surface area (Å²) < 4.78 is 4.61. The Kier molecular flexibility index (Phi) is 2.33. The van der Waals surface area contributed by atoms with Crippen LogP contribution in [0.4, 0.5) is 4.79 Å². The van der Waals surface area contributed by atoms with Crippen LogP contribution < -0.4 is 15.9 Å². The molecule has 78 valence electrons. The van der Waals surface area contributed by atoms with E-state index in [1.165, 1.54) is 12.1 Å². The van der Waals surface area contributed by atoms with Crippen LogP contribution in [0.15, 0.2) is 18.2 Å². The number of aryl methyl sites for hydroxylation is 1. The molecule has 0 radical (unpaired) electrons. The predicted octanol–water partition coefficient (Wildman–Crippen LogP) is 0.0576. The van der Waals surface area contributed by atoms with Crippen LogP contribution in [0, 0.1) is 6.92 Å². The van der Waals surface area contributed by atoms with Gasteiger partial charge < -0.3 is 4.74 Å². The molecule has 0 unspecified atom stereocenters. The number of nitrogens with one attached hydrogen (secondary N) is 1. The number of hydrogen-bond acceptors (Lipinski definition) is 3. The van der Waals surface area contributed by atoms with Gasteiger partial charge in [-0.3, -0.25) is 5.43 Å². The lowest BCUT2D eigenvalue weighted by molar-refractivity contribution is 0.137. The summed E-state index contributed by atoms with van der Waals surface area (Å²) in [6, 6.07) is 6.05. The first-order valence-corrected chi connectivity index (χ1v) is 4.63. The normalized spacial score (nSPS) is 13.1. The van der Waals surface area contributed by atoms with Gasteiger partial charge in [0.15, 0.2) is 0 Å². The van der Waals surface area contributed by atoms with Crippen molar-refractivity contribution in [2.45, 2.75) is 6.92 Å². The van der Waals surface area contributed by atoms with E-state index in [1.807, 2.05) is 25.1 Å². The van der Waals surface area contributed by atoms with Crippen molar-refractivity contribution in [3.05, 3.63) is 34.2 Å². The molecule has 0 saturated carbocycles. The maximum absolute atomic E-state index is 11.3. The second-order valence-electron chi connectivity index (χ2n) is 3.37. The molecule has 4 nitrogen and oxygen atoms in total. The molecule has 1 aromatic carbocycles. The fraction of sp³-hybridized carbons (Fsp3) is 0.182. The third-order valence-electron chi connectivity index (χ3n) is 2.24. The van der Waals surface area contributed by atoms with E-state index < -0.39 is 6.09 Å². The summed E-state index contributed by atoms with van der Waals surface area (Å²) in [6.07, 6.45) is 3.05. The van der Waals surface area contributed by atoms with Gasteiger partial charge in [0, 0.05) is 22.8 Å². The van der Waals surface area contributed by atoms with Crippen LogP contribution in [0.1, 0.15) is 5.56 Å². The number of ether oxygens (including phenoxy) is 1. The van der Waals surface area contributed by atoms with Crippen LogP contribution in [-0.2, 0) is 4.74 Å². The number of carbonyl (C=O) groups excluding carboxylic acids is 1. The number of methoxy groups -OCH3 is 1. The van der Waals surface area contributed by atoms with Crippen LogP contribution in [-0.4, -0.2) is 18.2 Å². The van der Waals surface area contributed by atoms with Crippen molar-refractivity contribution in [3.8, 4) is 0 Å². The Morgan fingerprint density at radius 3 is 2.93 bits per heavy atom. The molecule has 1 aliphatic heterocycles. The highest BCUT2D eigenvalue weighted by Crippen LogP contribution is 1.93. The molecule has 1 aromatic rings. The highest BCUT2D eigenvalue weighted by atomic mass is 16.5. The first-order chi connectivity index (χ1) is 7.20. The number of benzene rings is 1. The lowest BCUT2D eigenvalue weighted by Gasteiger charge is -2.19. The number of rotatable bonds is 0. The molecule has 1 aliphatic rings. The maximum Gasteiger partial charge on any atom is 0.432 e. The van der Waals surface area contributed by atoms with Crippen LogP contribution >= 0.6 is 0 Å². The van der Waals surface area contributed by atoms with Gasteiger partial charge in [0.25, 0.3) is 0 Å². The minimum atomic E-state index is -0.432. The zero-order chi connectivity index (χ0) is 10.8. The summed E-state index contributed by atoms with van der Waals surface area (Å²) in [7, 11) is 1.35. The lowest BCUT2D eigenvalue weighted by Crippen LogP contribution is -2.44. The molecule has 0 bridgehead atoms. The van der Waals surface area contributed by atoms with Gasteiger partial charge in [-0.1, -0.05) is 17.7 Å². The van der Waals surface area contributed by atoms with E-state index in [1.54, 1.807) is 12.4 Å². The Bertz CT molecular complexity index is 508. The Labute approximate surface area is 87.4 Å². The molecule has 2 rings (SSSR count). The first kappa shape index (κ1) is 9.58. The van der Waals surface area contributed by atoms with Crippen molar-refractivity contribution in [1.82, 2.24) is 10.4 Å². The quantitative estimate of drug-likeness (QED) is 0.649. The Morgan fingerprint density at radius 1 is 1.40 bits per heavy atom. The van der Waals surface area contributed by atoms with Crippen molar-refractivity contribution < 1.29 is 9.53 Å². The zero-order valence-corrected chi connectivity index (χ0v) is 8.65. The highest BCUT2D eigenvalue weighted by molar-refractivity contribution is 5.72. The third kappa shape index (κ3) is 1.79. The average molecular weight is 204 g/mol. The molecule has 0 aromatic heterocycles. The molecular formula is C11H12N2O2. The summed E-state index contributed by atoms with van der Waals surface area (Å²) in [5.41, 5.74) is 3.98. The van der Waals surface area contributed by atoms with Gasteiger partial charge in [0.1, 0.15) is 0 Å². The second kappa shape index (κ2) is 3.65. The molecule has 0 spiro atoms. The molecule has 0 atom stereocenters. The molecule has 1 heterocycles. The van der Waals surface area contributed by atoms with E-state index in [2.05, 4.69) is 10.2 Å². The summed E-state index contributed by atoms with van der Waals surface area (Å²) >= 11 is 0. The molecule has 0 fully saturated rings. The van der Waals surface area contributed by atoms with Crippen molar-refractivity contribution in [3.63, 3.8) is 0 Å². The van der Waals surface area contributed by atoms with Crippen molar-refractivity contribution in [2.24, 2.45) is 0 Å². The number of fused-ring (bicyclic) bond motifs is 1. The van der Waals surface area contributed by atoms with Gasteiger partial charge in [0.2, 0.25) is 0 Å². The SMILES string of the molecule is COC(=O)N1C=c2cc(C)ccc2=CN1. The Hall–Kier alpha value is -1.97. The molecule has 0 saturated heterocycles. The van der Waals surface area contributed by atoms with E-state index in [4.69, 9.17) is 0 Å². The second-order valence-corrected chi connectivity index (χ2v) is 3.37. The number of hydrazine groups is 1.